The van der Waals surface area contributed by atoms with Crippen molar-refractivity contribution in [2.24, 2.45) is 0 Å². The van der Waals surface area contributed by atoms with Crippen LogP contribution in [-0.2, 0) is 32.1 Å². The van der Waals surface area contributed by atoms with Crippen molar-refractivity contribution < 1.29 is 24.1 Å². The maximum absolute atomic E-state index is 10.5. The molecule has 3 fully saturated rings. The lowest BCUT2D eigenvalue weighted by Gasteiger charge is -2.33. The first-order valence-corrected chi connectivity index (χ1v) is 11.1. The second-order valence-corrected chi connectivity index (χ2v) is 9.20. The first-order valence-electron chi connectivity index (χ1n) is 11.1. The fourth-order valence-corrected chi connectivity index (χ4v) is 5.02. The van der Waals surface area contributed by atoms with Crippen LogP contribution in [0.5, 0.6) is 0 Å². The van der Waals surface area contributed by atoms with Gasteiger partial charge in [-0.2, -0.15) is 0 Å². The van der Waals surface area contributed by atoms with Crippen LogP contribution in [0.25, 0.3) is 0 Å². The number of benzene rings is 2. The maximum atomic E-state index is 10.5. The number of likely N-dealkylation sites (tertiary alicyclic amines) is 1. The van der Waals surface area contributed by atoms with Crippen LogP contribution in [0.3, 0.4) is 0 Å². The number of nitrogens with zero attached hydrogens (tertiary/aromatic N) is 1. The summed E-state index contributed by atoms with van der Waals surface area (Å²) in [4.78, 5) is 2.30. The lowest BCUT2D eigenvalue weighted by atomic mass is 10.00. The van der Waals surface area contributed by atoms with Gasteiger partial charge >= 0.3 is 0 Å². The number of aliphatic hydroxyl groups is 1. The first-order chi connectivity index (χ1) is 15.0. The van der Waals surface area contributed by atoms with Gasteiger partial charge in [0.1, 0.15) is 18.3 Å². The molecule has 3 aliphatic heterocycles. The summed E-state index contributed by atoms with van der Waals surface area (Å²) in [5.41, 5.74) is 2.32. The van der Waals surface area contributed by atoms with E-state index in [9.17, 15) is 5.11 Å². The molecule has 1 N–H and O–H groups in total. The van der Waals surface area contributed by atoms with Gasteiger partial charge in [0.05, 0.1) is 12.7 Å². The highest BCUT2D eigenvalue weighted by Gasteiger charge is 2.58. The van der Waals surface area contributed by atoms with Crippen LogP contribution >= 0.6 is 0 Å². The summed E-state index contributed by atoms with van der Waals surface area (Å²) < 4.78 is 25.0. The molecule has 0 saturated carbocycles. The number of fused-ring (bicyclic) bond motifs is 1. The van der Waals surface area contributed by atoms with Crippen molar-refractivity contribution in [2.75, 3.05) is 6.54 Å². The third-order valence-corrected chi connectivity index (χ3v) is 6.35. The molecule has 3 heterocycles. The molecular formula is C25H31NO5. The lowest BCUT2D eigenvalue weighted by Crippen LogP contribution is -2.47. The molecule has 6 nitrogen and oxygen atoms in total. The van der Waals surface area contributed by atoms with Gasteiger partial charge < -0.3 is 24.1 Å². The summed E-state index contributed by atoms with van der Waals surface area (Å²) >= 11 is 0. The molecular weight excluding hydrogens is 394 g/mol. The van der Waals surface area contributed by atoms with Crippen molar-refractivity contribution in [3.8, 4) is 0 Å². The molecule has 2 aromatic carbocycles. The summed E-state index contributed by atoms with van der Waals surface area (Å²) in [7, 11) is 0. The molecule has 3 aliphatic rings. The van der Waals surface area contributed by atoms with E-state index in [4.69, 9.17) is 18.9 Å². The van der Waals surface area contributed by atoms with Gasteiger partial charge in [-0.1, -0.05) is 60.7 Å². The highest BCUT2D eigenvalue weighted by molar-refractivity contribution is 5.16. The molecule has 3 saturated heterocycles. The van der Waals surface area contributed by atoms with Crippen LogP contribution in [-0.4, -0.2) is 59.1 Å². The smallest absolute Gasteiger partial charge is 0.190 e. The van der Waals surface area contributed by atoms with Crippen molar-refractivity contribution in [3.63, 3.8) is 0 Å². The Morgan fingerprint density at radius 3 is 2.35 bits per heavy atom. The van der Waals surface area contributed by atoms with E-state index >= 15 is 0 Å². The lowest BCUT2D eigenvalue weighted by molar-refractivity contribution is -0.225. The summed E-state index contributed by atoms with van der Waals surface area (Å²) in [6.45, 7) is 5.66. The van der Waals surface area contributed by atoms with Crippen LogP contribution in [0.15, 0.2) is 60.7 Å². The molecule has 0 unspecified atom stereocenters. The van der Waals surface area contributed by atoms with E-state index in [2.05, 4.69) is 29.2 Å². The molecule has 0 amide bonds. The number of hydrogen-bond acceptors (Lipinski definition) is 6. The fraction of sp³-hybridized carbons (Fsp3) is 0.520. The quantitative estimate of drug-likeness (QED) is 0.768. The molecule has 0 aromatic heterocycles. The Kier molecular flexibility index (Phi) is 5.86. The molecule has 6 atom stereocenters. The maximum Gasteiger partial charge on any atom is 0.190 e. The SMILES string of the molecule is CC1(C)O[C@H]2O[C@H]([C@@H]3C[C@H](O)CN3Cc3ccccc3)[C@H](OCc3ccccc3)[C@H]2O1. The van der Waals surface area contributed by atoms with E-state index in [-0.39, 0.29) is 30.5 Å². The van der Waals surface area contributed by atoms with E-state index < -0.39 is 12.1 Å². The van der Waals surface area contributed by atoms with E-state index in [1.165, 1.54) is 5.56 Å². The first kappa shape index (κ1) is 21.1. The van der Waals surface area contributed by atoms with Crippen LogP contribution in [0.4, 0.5) is 0 Å². The molecule has 0 bridgehead atoms. The van der Waals surface area contributed by atoms with Crippen molar-refractivity contribution in [1.82, 2.24) is 4.90 Å². The van der Waals surface area contributed by atoms with Gasteiger partial charge in [0, 0.05) is 19.1 Å². The Hall–Kier alpha value is -1.80. The van der Waals surface area contributed by atoms with Gasteiger partial charge in [-0.15, -0.1) is 0 Å². The Labute approximate surface area is 183 Å². The predicted octanol–water partition coefficient (Wildman–Crippen LogP) is 3.08. The van der Waals surface area contributed by atoms with Gasteiger partial charge in [0.15, 0.2) is 12.1 Å². The number of hydrogen-bond donors (Lipinski definition) is 1. The number of rotatable bonds is 6. The van der Waals surface area contributed by atoms with Gasteiger partial charge in [-0.05, 0) is 31.4 Å². The fourth-order valence-electron chi connectivity index (χ4n) is 5.02. The third kappa shape index (κ3) is 4.55. The topological polar surface area (TPSA) is 60.4 Å². The van der Waals surface area contributed by atoms with Gasteiger partial charge in [0.2, 0.25) is 0 Å². The molecule has 0 aliphatic carbocycles. The van der Waals surface area contributed by atoms with Crippen molar-refractivity contribution in [2.45, 2.75) is 76.0 Å². The largest absolute Gasteiger partial charge is 0.392 e. The normalized spacial score (nSPS) is 34.8. The average Bonchev–Trinajstić information content (AvgIpc) is 3.37. The monoisotopic (exact) mass is 425 g/mol. The Morgan fingerprint density at radius 1 is 0.968 bits per heavy atom. The van der Waals surface area contributed by atoms with E-state index in [0.717, 1.165) is 12.1 Å². The van der Waals surface area contributed by atoms with Crippen LogP contribution in [0, 0.1) is 0 Å². The molecule has 5 rings (SSSR count). The second kappa shape index (κ2) is 8.62. The van der Waals surface area contributed by atoms with Crippen molar-refractivity contribution in [3.05, 3.63) is 71.8 Å². The zero-order valence-corrected chi connectivity index (χ0v) is 18.1. The number of β-amino-alcohol motifs (C(OH)–C–C–N with tert-alkyl or cyclic N) is 1. The highest BCUT2D eigenvalue weighted by atomic mass is 16.8. The minimum atomic E-state index is -0.701. The van der Waals surface area contributed by atoms with Gasteiger partial charge in [-0.25, -0.2) is 0 Å². The zero-order valence-electron chi connectivity index (χ0n) is 18.1. The van der Waals surface area contributed by atoms with Crippen LogP contribution in [0.2, 0.25) is 0 Å². The summed E-state index contributed by atoms with van der Waals surface area (Å²) in [6, 6.07) is 20.5. The predicted molar refractivity (Wildman–Crippen MR) is 115 cm³/mol. The zero-order chi connectivity index (χ0) is 21.4. The summed E-state index contributed by atoms with van der Waals surface area (Å²) in [5.74, 6) is -0.701. The highest BCUT2D eigenvalue weighted by Crippen LogP contribution is 2.42. The standard InChI is InChI=1S/C25H31NO5/c1-25(2)30-23-22(28-16-18-11-7-4-8-12-18)21(29-24(23)31-25)20-13-19(27)15-26(20)14-17-9-5-3-6-10-17/h3-12,19-24,27H,13-16H2,1-2H3/t19-,20-,21+,22-,23+,24+/m0/s1. The molecule has 6 heteroatoms. The number of ether oxygens (including phenoxy) is 4. The molecule has 0 spiro atoms. The van der Waals surface area contributed by atoms with Crippen LogP contribution in [0.1, 0.15) is 31.4 Å². The van der Waals surface area contributed by atoms with E-state index in [0.29, 0.717) is 19.6 Å². The minimum Gasteiger partial charge on any atom is -0.392 e. The second-order valence-electron chi connectivity index (χ2n) is 9.20. The Balaban J connectivity index is 1.36. The van der Waals surface area contributed by atoms with E-state index in [1.54, 1.807) is 0 Å². The third-order valence-electron chi connectivity index (χ3n) is 6.35. The number of aliphatic hydroxyl groups excluding tert-OH is 1. The minimum absolute atomic E-state index is 0.0249. The molecule has 166 valence electrons. The van der Waals surface area contributed by atoms with Gasteiger partial charge in [0.25, 0.3) is 0 Å². The van der Waals surface area contributed by atoms with Crippen molar-refractivity contribution >= 4 is 0 Å². The Morgan fingerprint density at radius 2 is 1.65 bits per heavy atom. The van der Waals surface area contributed by atoms with Crippen molar-refractivity contribution in [1.29, 1.82) is 0 Å². The average molecular weight is 426 g/mol. The molecule has 2 aromatic rings. The summed E-state index contributed by atoms with van der Waals surface area (Å²) in [6.07, 6.45) is -1.01. The molecule has 0 radical (unpaired) electrons. The molecule has 31 heavy (non-hydrogen) atoms. The Bertz CT molecular complexity index is 861. The summed E-state index contributed by atoms with van der Waals surface area (Å²) in [5, 5.41) is 10.5. The van der Waals surface area contributed by atoms with Gasteiger partial charge in [-0.3, -0.25) is 4.90 Å². The van der Waals surface area contributed by atoms with E-state index in [1.807, 2.05) is 50.2 Å². The van der Waals surface area contributed by atoms with Crippen LogP contribution < -0.4 is 0 Å².